The number of aromatic amines is 2. The van der Waals surface area contributed by atoms with Gasteiger partial charge in [-0.1, -0.05) is 24.3 Å². The fourth-order valence-corrected chi connectivity index (χ4v) is 3.89. The molecule has 162 valence electrons. The van der Waals surface area contributed by atoms with Gasteiger partial charge in [0.15, 0.2) is 0 Å². The van der Waals surface area contributed by atoms with Crippen LogP contribution in [-0.4, -0.2) is 29.9 Å². The van der Waals surface area contributed by atoms with Gasteiger partial charge in [0.2, 0.25) is 0 Å². The molecule has 2 N–H and O–H groups in total. The molecule has 6 nitrogen and oxygen atoms in total. The zero-order chi connectivity index (χ0) is 22.7. The Morgan fingerprint density at radius 3 is 1.15 bits per heavy atom. The van der Waals surface area contributed by atoms with Crippen molar-refractivity contribution in [3.8, 4) is 56.9 Å². The Labute approximate surface area is 196 Å². The van der Waals surface area contributed by atoms with Gasteiger partial charge in [-0.25, -0.2) is 9.97 Å². The molecule has 6 heteroatoms. The lowest BCUT2D eigenvalue weighted by Gasteiger charge is -2.05. The van der Waals surface area contributed by atoms with E-state index in [1.54, 1.807) is 12.4 Å². The minimum absolute atomic E-state index is 0.810. The van der Waals surface area contributed by atoms with E-state index >= 15 is 0 Å². The minimum Gasteiger partial charge on any atom is -0.352 e. The average Bonchev–Trinajstić information content (AvgIpc) is 3.61. The number of rotatable bonds is 5. The predicted octanol–water partition coefficient (Wildman–Crippen LogP) is 6.26. The lowest BCUT2D eigenvalue weighted by atomic mass is 10.2. The van der Waals surface area contributed by atoms with E-state index in [0.29, 0.717) is 0 Å². The van der Waals surface area contributed by atoms with Crippen LogP contribution in [-0.2, 0) is 0 Å². The lowest BCUT2D eigenvalue weighted by Crippen LogP contribution is -1.92. The summed E-state index contributed by atoms with van der Waals surface area (Å²) in [6, 6.07) is 31.8. The number of hydrogen-bond acceptors (Lipinski definition) is 4. The molecule has 0 amide bonds. The summed E-state index contributed by atoms with van der Waals surface area (Å²) in [6.45, 7) is 0. The zero-order valence-corrected chi connectivity index (χ0v) is 18.2. The quantitative estimate of drug-likeness (QED) is 0.331. The zero-order valence-electron chi connectivity index (χ0n) is 18.2. The average molecular weight is 441 g/mol. The van der Waals surface area contributed by atoms with E-state index in [9.17, 15) is 0 Å². The highest BCUT2D eigenvalue weighted by molar-refractivity contribution is 5.69. The molecule has 0 fully saturated rings. The number of hydrogen-bond donors (Lipinski definition) is 2. The Balaban J connectivity index is 1.30. The largest absolute Gasteiger partial charge is 0.352 e. The molecule has 0 atom stereocenters. The normalized spacial score (nSPS) is 10.9. The Kier molecular flexibility index (Phi) is 5.01. The van der Waals surface area contributed by atoms with E-state index in [1.807, 2.05) is 97.1 Å². The number of nitrogens with one attached hydrogen (secondary N) is 2. The van der Waals surface area contributed by atoms with Crippen molar-refractivity contribution < 1.29 is 0 Å². The summed E-state index contributed by atoms with van der Waals surface area (Å²) >= 11 is 0. The van der Waals surface area contributed by atoms with Gasteiger partial charge in [-0.05, 0) is 72.8 Å². The summed E-state index contributed by atoms with van der Waals surface area (Å²) in [7, 11) is 0. The van der Waals surface area contributed by atoms with Crippen LogP contribution in [0.2, 0.25) is 0 Å². The molecule has 6 aromatic rings. The van der Waals surface area contributed by atoms with Gasteiger partial charge in [-0.15, -0.1) is 0 Å². The lowest BCUT2D eigenvalue weighted by molar-refractivity contribution is 1.22. The topological polar surface area (TPSA) is 83.1 Å². The highest BCUT2D eigenvalue weighted by Gasteiger charge is 2.10. The molecule has 0 radical (unpaired) electrons. The van der Waals surface area contributed by atoms with Gasteiger partial charge in [0.1, 0.15) is 0 Å². The first-order chi connectivity index (χ1) is 16.8. The van der Waals surface area contributed by atoms with Crippen LogP contribution in [0, 0.1) is 0 Å². The van der Waals surface area contributed by atoms with Crippen LogP contribution in [0.1, 0.15) is 0 Å². The molecule has 0 aromatic carbocycles. The van der Waals surface area contributed by atoms with E-state index in [2.05, 4.69) is 19.9 Å². The maximum absolute atomic E-state index is 4.87. The number of pyridine rings is 4. The monoisotopic (exact) mass is 440 g/mol. The summed E-state index contributed by atoms with van der Waals surface area (Å²) in [4.78, 5) is 25.4. The number of aromatic nitrogens is 6. The van der Waals surface area contributed by atoms with Crippen molar-refractivity contribution in [2.24, 2.45) is 0 Å². The Bertz CT molecular complexity index is 1430. The SMILES string of the molecule is c1ccc(-c2ccc(-c3cccc(-c4cccc(-c5ccc(-c6ccccn6)[nH]5)n4)n3)[nH]2)nc1. The third-order valence-corrected chi connectivity index (χ3v) is 5.57. The van der Waals surface area contributed by atoms with Crippen LogP contribution < -0.4 is 0 Å². The van der Waals surface area contributed by atoms with E-state index in [1.165, 1.54) is 0 Å². The molecule has 6 rings (SSSR count). The van der Waals surface area contributed by atoms with Gasteiger partial charge in [0, 0.05) is 12.4 Å². The van der Waals surface area contributed by atoms with Gasteiger partial charge >= 0.3 is 0 Å². The Morgan fingerprint density at radius 2 is 0.735 bits per heavy atom. The maximum Gasteiger partial charge on any atom is 0.0894 e. The molecule has 0 aliphatic rings. The van der Waals surface area contributed by atoms with Crippen molar-refractivity contribution in [1.29, 1.82) is 0 Å². The molecular weight excluding hydrogens is 420 g/mol. The molecule has 0 aliphatic heterocycles. The van der Waals surface area contributed by atoms with Crippen LogP contribution in [0.3, 0.4) is 0 Å². The van der Waals surface area contributed by atoms with Gasteiger partial charge in [0.25, 0.3) is 0 Å². The summed E-state index contributed by atoms with van der Waals surface area (Å²) in [5.74, 6) is 0. The molecule has 0 bridgehead atoms. The van der Waals surface area contributed by atoms with Crippen LogP contribution in [0.4, 0.5) is 0 Å². The van der Waals surface area contributed by atoms with E-state index in [0.717, 1.165) is 56.9 Å². The summed E-state index contributed by atoms with van der Waals surface area (Å²) in [5.41, 5.74) is 8.90. The third-order valence-electron chi connectivity index (χ3n) is 5.57. The second-order valence-corrected chi connectivity index (χ2v) is 7.82. The summed E-state index contributed by atoms with van der Waals surface area (Å²) in [5, 5.41) is 0. The maximum atomic E-state index is 4.87. The molecule has 34 heavy (non-hydrogen) atoms. The van der Waals surface area contributed by atoms with E-state index in [-0.39, 0.29) is 0 Å². The minimum atomic E-state index is 0.810. The van der Waals surface area contributed by atoms with Gasteiger partial charge in [-0.3, -0.25) is 9.97 Å². The van der Waals surface area contributed by atoms with E-state index < -0.39 is 0 Å². The molecular formula is C28H20N6. The van der Waals surface area contributed by atoms with Crippen molar-refractivity contribution in [2.45, 2.75) is 0 Å². The molecule has 0 saturated carbocycles. The van der Waals surface area contributed by atoms with Crippen LogP contribution in [0.5, 0.6) is 0 Å². The van der Waals surface area contributed by atoms with Crippen LogP contribution in [0.15, 0.2) is 109 Å². The second kappa shape index (κ2) is 8.60. The number of nitrogens with zero attached hydrogens (tertiary/aromatic N) is 4. The first kappa shape index (κ1) is 19.8. The predicted molar refractivity (Wildman–Crippen MR) is 134 cm³/mol. The highest BCUT2D eigenvalue weighted by atomic mass is 14.9. The molecule has 6 heterocycles. The fraction of sp³-hybridized carbons (Fsp3) is 0. The summed E-state index contributed by atoms with van der Waals surface area (Å²) < 4.78 is 0. The molecule has 0 unspecified atom stereocenters. The van der Waals surface area contributed by atoms with Crippen LogP contribution >= 0.6 is 0 Å². The van der Waals surface area contributed by atoms with Crippen molar-refractivity contribution in [2.75, 3.05) is 0 Å². The summed E-state index contributed by atoms with van der Waals surface area (Å²) in [6.07, 6.45) is 3.58. The Morgan fingerprint density at radius 1 is 0.353 bits per heavy atom. The highest BCUT2D eigenvalue weighted by Crippen LogP contribution is 2.27. The van der Waals surface area contributed by atoms with E-state index in [4.69, 9.17) is 9.97 Å². The molecule has 6 aromatic heterocycles. The first-order valence-corrected chi connectivity index (χ1v) is 11.0. The smallest absolute Gasteiger partial charge is 0.0894 e. The first-order valence-electron chi connectivity index (χ1n) is 11.0. The van der Waals surface area contributed by atoms with Crippen molar-refractivity contribution in [1.82, 2.24) is 29.9 Å². The van der Waals surface area contributed by atoms with Crippen molar-refractivity contribution in [3.05, 3.63) is 109 Å². The van der Waals surface area contributed by atoms with Gasteiger partial charge < -0.3 is 9.97 Å². The molecule has 0 aliphatic carbocycles. The van der Waals surface area contributed by atoms with Crippen molar-refractivity contribution in [3.63, 3.8) is 0 Å². The van der Waals surface area contributed by atoms with Crippen LogP contribution in [0.25, 0.3) is 56.9 Å². The molecule has 0 spiro atoms. The van der Waals surface area contributed by atoms with Crippen molar-refractivity contribution >= 4 is 0 Å². The van der Waals surface area contributed by atoms with Gasteiger partial charge in [0.05, 0.1) is 56.9 Å². The third kappa shape index (κ3) is 3.89. The Hall–Kier alpha value is -4.84. The fourth-order valence-electron chi connectivity index (χ4n) is 3.89. The molecule has 0 saturated heterocycles. The second-order valence-electron chi connectivity index (χ2n) is 7.82. The number of H-pyrrole nitrogens is 2. The van der Waals surface area contributed by atoms with Gasteiger partial charge in [-0.2, -0.15) is 0 Å². The standard InChI is InChI=1S/C28H20N6/c1-3-17-29-19(7-1)25-13-15-27(33-25)23-11-5-9-21(31-23)22-10-6-12-24(32-22)28-16-14-26(34-28)20-8-2-4-18-30-20/h1-18,33-34H.